The normalized spacial score (nSPS) is 13.3. The molecule has 0 aromatic heterocycles. The number of rotatable bonds is 15. The monoisotopic (exact) mass is 586 g/mol. The van der Waals surface area contributed by atoms with Crippen LogP contribution in [0.3, 0.4) is 0 Å². The summed E-state index contributed by atoms with van der Waals surface area (Å²) in [5, 5.41) is 10.7. The number of nitro benzene ring substituents is 1. The Bertz CT molecular complexity index is 1220. The molecule has 0 radical (unpaired) electrons. The first-order valence-corrected chi connectivity index (χ1v) is 15.1. The second-order valence-electron chi connectivity index (χ2n) is 9.79. The second-order valence-corrected chi connectivity index (χ2v) is 14.0. The smallest absolute Gasteiger partial charge is 0.514 e. The molecule has 0 spiro atoms. The van der Waals surface area contributed by atoms with Crippen molar-refractivity contribution in [3.05, 3.63) is 76.4 Å². The quantitative estimate of drug-likeness (QED) is 0.0537. The Kier molecular flexibility index (Phi) is 11.1. The Hall–Kier alpha value is -4.07. The van der Waals surface area contributed by atoms with Crippen LogP contribution in [-0.4, -0.2) is 62.7 Å². The summed E-state index contributed by atoms with van der Waals surface area (Å²) in [7, 11) is -2.76. The van der Waals surface area contributed by atoms with Gasteiger partial charge in [0.15, 0.2) is 0 Å². The maximum absolute atomic E-state index is 12.0. The van der Waals surface area contributed by atoms with E-state index < -0.39 is 19.6 Å². The van der Waals surface area contributed by atoms with Crippen LogP contribution >= 0.6 is 0 Å². The summed E-state index contributed by atoms with van der Waals surface area (Å²) >= 11 is 0. The van der Waals surface area contributed by atoms with Crippen molar-refractivity contribution in [2.24, 2.45) is 0 Å². The molecule has 1 heterocycles. The first-order chi connectivity index (χ1) is 19.5. The van der Waals surface area contributed by atoms with Crippen LogP contribution in [0.4, 0.5) is 10.5 Å². The van der Waals surface area contributed by atoms with Crippen molar-refractivity contribution in [2.75, 3.05) is 26.4 Å². The molecule has 2 aromatic rings. The third-order valence-corrected chi connectivity index (χ3v) is 10.8. The van der Waals surface area contributed by atoms with Gasteiger partial charge in [-0.15, -0.1) is 0 Å². The van der Waals surface area contributed by atoms with Gasteiger partial charge in [0, 0.05) is 35.4 Å². The zero-order chi connectivity index (χ0) is 30.0. The molecule has 0 unspecified atom stereocenters. The van der Waals surface area contributed by atoms with Gasteiger partial charge in [0.25, 0.3) is 17.5 Å². The SMILES string of the molecule is CC(C)[Si](OCCOCCN1C(=O)C=CC1=O)(Oc1ccc(COC(=O)Oc2ccc([N+](=O)[O-])cc2)cc1)C(C)C. The van der Waals surface area contributed by atoms with Gasteiger partial charge >= 0.3 is 14.7 Å². The van der Waals surface area contributed by atoms with Crippen molar-refractivity contribution in [1.29, 1.82) is 0 Å². The minimum atomic E-state index is -2.76. The number of nitro groups is 1. The topological polar surface area (TPSA) is 144 Å². The lowest BCUT2D eigenvalue weighted by atomic mass is 10.2. The summed E-state index contributed by atoms with van der Waals surface area (Å²) in [5.41, 5.74) is 0.826. The molecule has 1 aliphatic rings. The lowest BCUT2D eigenvalue weighted by molar-refractivity contribution is -0.384. The molecule has 12 nitrogen and oxygen atoms in total. The Morgan fingerprint density at radius 3 is 2.02 bits per heavy atom. The van der Waals surface area contributed by atoms with E-state index >= 15 is 0 Å². The maximum Gasteiger partial charge on any atom is 0.514 e. The number of nitrogens with zero attached hydrogens (tertiary/aromatic N) is 2. The highest BCUT2D eigenvalue weighted by Crippen LogP contribution is 2.35. The lowest BCUT2D eigenvalue weighted by Gasteiger charge is -2.37. The molecule has 41 heavy (non-hydrogen) atoms. The highest BCUT2D eigenvalue weighted by atomic mass is 28.4. The summed E-state index contributed by atoms with van der Waals surface area (Å²) < 4.78 is 28.7. The van der Waals surface area contributed by atoms with Crippen molar-refractivity contribution in [2.45, 2.75) is 45.4 Å². The van der Waals surface area contributed by atoms with E-state index in [0.717, 1.165) is 4.90 Å². The largest absolute Gasteiger partial charge is 0.520 e. The van der Waals surface area contributed by atoms with Crippen molar-refractivity contribution >= 4 is 32.2 Å². The van der Waals surface area contributed by atoms with Gasteiger partial charge in [0.1, 0.15) is 18.1 Å². The van der Waals surface area contributed by atoms with E-state index in [-0.39, 0.29) is 60.7 Å². The molecule has 0 N–H and O–H groups in total. The Labute approximate surface area is 239 Å². The van der Waals surface area contributed by atoms with Crippen molar-refractivity contribution in [3.63, 3.8) is 0 Å². The van der Waals surface area contributed by atoms with Crippen LogP contribution in [0.5, 0.6) is 11.5 Å². The molecule has 3 rings (SSSR count). The van der Waals surface area contributed by atoms with Crippen LogP contribution in [0, 0.1) is 10.1 Å². The van der Waals surface area contributed by atoms with E-state index in [0.29, 0.717) is 17.9 Å². The number of non-ortho nitro benzene ring substituents is 1. The van der Waals surface area contributed by atoms with Crippen LogP contribution in [0.25, 0.3) is 0 Å². The van der Waals surface area contributed by atoms with Gasteiger partial charge in [-0.25, -0.2) is 4.79 Å². The van der Waals surface area contributed by atoms with Crippen LogP contribution < -0.4 is 9.16 Å². The van der Waals surface area contributed by atoms with Gasteiger partial charge in [0.2, 0.25) is 0 Å². The molecule has 2 aromatic carbocycles. The lowest BCUT2D eigenvalue weighted by Crippen LogP contribution is -2.51. The molecule has 0 aliphatic carbocycles. The third kappa shape index (κ3) is 8.70. The van der Waals surface area contributed by atoms with Gasteiger partial charge in [-0.1, -0.05) is 39.8 Å². The number of benzene rings is 2. The standard InChI is InChI=1S/C28H34N2O10Si/c1-20(2)41(21(3)4,38-18-17-36-16-15-29-26(31)13-14-27(29)32)40-25-9-5-22(6-10-25)19-37-28(33)39-24-11-7-23(8-12-24)30(34)35/h5-14,20-21H,15-19H2,1-4H3. The number of ether oxygens (including phenoxy) is 3. The van der Waals surface area contributed by atoms with Crippen molar-refractivity contribution < 1.29 is 42.4 Å². The Morgan fingerprint density at radius 2 is 1.46 bits per heavy atom. The number of imide groups is 1. The first-order valence-electron chi connectivity index (χ1n) is 13.1. The predicted octanol–water partition coefficient (Wildman–Crippen LogP) is 4.91. The molecule has 1 aliphatic heterocycles. The molecule has 0 fully saturated rings. The highest BCUT2D eigenvalue weighted by molar-refractivity contribution is 6.70. The van der Waals surface area contributed by atoms with Gasteiger partial charge < -0.3 is 23.1 Å². The zero-order valence-electron chi connectivity index (χ0n) is 23.4. The Morgan fingerprint density at radius 1 is 0.878 bits per heavy atom. The summed E-state index contributed by atoms with van der Waals surface area (Å²) in [6.45, 7) is 9.18. The fourth-order valence-corrected chi connectivity index (χ4v) is 7.61. The minimum Gasteiger partial charge on any atom is -0.520 e. The van der Waals surface area contributed by atoms with E-state index in [2.05, 4.69) is 27.7 Å². The minimum absolute atomic E-state index is 0.0401. The predicted molar refractivity (Wildman–Crippen MR) is 150 cm³/mol. The summed E-state index contributed by atoms with van der Waals surface area (Å²) in [6, 6.07) is 12.2. The number of hydrogen-bond acceptors (Lipinski definition) is 10. The fraction of sp³-hybridized carbons (Fsp3) is 0.393. The number of amides is 2. The maximum atomic E-state index is 12.0. The molecule has 220 valence electrons. The average molecular weight is 587 g/mol. The van der Waals surface area contributed by atoms with E-state index in [4.69, 9.17) is 23.1 Å². The molecular weight excluding hydrogens is 552 g/mol. The Balaban J connectivity index is 1.48. The van der Waals surface area contributed by atoms with Gasteiger partial charge in [-0.05, 0) is 29.8 Å². The number of hydrogen-bond donors (Lipinski definition) is 0. The third-order valence-electron chi connectivity index (χ3n) is 6.33. The summed E-state index contributed by atoms with van der Waals surface area (Å²) in [6.07, 6.45) is 1.55. The van der Waals surface area contributed by atoms with E-state index in [1.165, 1.54) is 36.4 Å². The van der Waals surface area contributed by atoms with Gasteiger partial charge in [-0.3, -0.25) is 24.6 Å². The average Bonchev–Trinajstić information content (AvgIpc) is 3.26. The highest BCUT2D eigenvalue weighted by Gasteiger charge is 2.47. The molecular formula is C28H34N2O10Si. The van der Waals surface area contributed by atoms with Crippen LogP contribution in [-0.2, 0) is 30.1 Å². The molecule has 0 saturated carbocycles. The summed E-state index contributed by atoms with van der Waals surface area (Å²) in [4.78, 5) is 46.6. The second kappa shape index (κ2) is 14.5. The first kappa shape index (κ1) is 31.5. The number of carbonyl (C=O) groups excluding carboxylic acids is 3. The summed E-state index contributed by atoms with van der Waals surface area (Å²) in [5.74, 6) is 0.0753. The van der Waals surface area contributed by atoms with Gasteiger partial charge in [0.05, 0.1) is 31.3 Å². The van der Waals surface area contributed by atoms with Crippen LogP contribution in [0.15, 0.2) is 60.7 Å². The molecule has 13 heteroatoms. The van der Waals surface area contributed by atoms with Gasteiger partial charge in [-0.2, -0.15) is 0 Å². The van der Waals surface area contributed by atoms with E-state index in [1.807, 2.05) is 0 Å². The van der Waals surface area contributed by atoms with E-state index in [9.17, 15) is 24.5 Å². The molecule has 2 amide bonds. The van der Waals surface area contributed by atoms with E-state index in [1.54, 1.807) is 24.3 Å². The van der Waals surface area contributed by atoms with Crippen molar-refractivity contribution in [1.82, 2.24) is 4.90 Å². The van der Waals surface area contributed by atoms with Crippen LogP contribution in [0.1, 0.15) is 33.3 Å². The molecule has 0 atom stereocenters. The zero-order valence-corrected chi connectivity index (χ0v) is 24.4. The molecule has 0 bridgehead atoms. The van der Waals surface area contributed by atoms with Crippen LogP contribution in [0.2, 0.25) is 11.1 Å². The van der Waals surface area contributed by atoms with Crippen molar-refractivity contribution in [3.8, 4) is 11.5 Å². The molecule has 0 saturated heterocycles. The number of carbonyl (C=O) groups is 3. The fourth-order valence-electron chi connectivity index (χ4n) is 4.18.